The van der Waals surface area contributed by atoms with E-state index < -0.39 is 5.60 Å². The number of aliphatic hydroxyl groups is 1. The van der Waals surface area contributed by atoms with E-state index >= 15 is 0 Å². The summed E-state index contributed by atoms with van der Waals surface area (Å²) >= 11 is 8.05. The molecule has 8 nitrogen and oxygen atoms in total. The number of hydrogen-bond donors (Lipinski definition) is 3. The number of nitrogen functional groups attached to an aromatic ring is 1. The summed E-state index contributed by atoms with van der Waals surface area (Å²) in [5, 5.41) is 15.2. The Bertz CT molecular complexity index is 1060. The summed E-state index contributed by atoms with van der Waals surface area (Å²) < 4.78 is 12.2. The first kappa shape index (κ1) is 20.9. The molecule has 1 aliphatic rings. The molecule has 0 saturated heterocycles. The van der Waals surface area contributed by atoms with Crippen molar-refractivity contribution < 1.29 is 14.6 Å². The van der Waals surface area contributed by atoms with E-state index in [4.69, 9.17) is 26.8 Å². The molecule has 1 aromatic carbocycles. The molecule has 0 amide bonds. The van der Waals surface area contributed by atoms with Crippen molar-refractivity contribution in [2.75, 3.05) is 18.2 Å². The van der Waals surface area contributed by atoms with Crippen LogP contribution in [0.2, 0.25) is 5.02 Å². The molecule has 3 aromatic rings. The van der Waals surface area contributed by atoms with E-state index in [9.17, 15) is 5.11 Å². The van der Waals surface area contributed by atoms with Gasteiger partial charge in [-0.15, -0.1) is 0 Å². The number of aromatic nitrogens is 3. The van der Waals surface area contributed by atoms with Gasteiger partial charge in [-0.25, -0.2) is 15.0 Å². The number of hydrogen-bond acceptors (Lipinski definition) is 9. The Morgan fingerprint density at radius 2 is 2.20 bits per heavy atom. The van der Waals surface area contributed by atoms with Gasteiger partial charge in [-0.2, -0.15) is 0 Å². The Morgan fingerprint density at radius 1 is 1.37 bits per heavy atom. The van der Waals surface area contributed by atoms with Crippen LogP contribution in [0.5, 0.6) is 11.5 Å². The van der Waals surface area contributed by atoms with Gasteiger partial charge in [0.15, 0.2) is 5.13 Å². The summed E-state index contributed by atoms with van der Waals surface area (Å²) in [5.74, 6) is 1.22. The molecule has 0 aliphatic heterocycles. The minimum atomic E-state index is -0.766. The maximum absolute atomic E-state index is 10.7. The molecule has 160 valence electrons. The predicted octanol–water partition coefficient (Wildman–Crippen LogP) is 4.02. The second-order valence-corrected chi connectivity index (χ2v) is 8.96. The second-order valence-electron chi connectivity index (χ2n) is 7.58. The maximum Gasteiger partial charge on any atom is 0.220 e. The van der Waals surface area contributed by atoms with Crippen molar-refractivity contribution in [3.63, 3.8) is 0 Å². The number of fused-ring (bicyclic) bond motifs is 1. The van der Waals surface area contributed by atoms with Crippen LogP contribution in [-0.2, 0) is 6.61 Å². The van der Waals surface area contributed by atoms with Crippen molar-refractivity contribution in [1.82, 2.24) is 15.0 Å². The summed E-state index contributed by atoms with van der Waals surface area (Å²) in [4.78, 5) is 12.7. The Morgan fingerprint density at radius 3 is 2.93 bits per heavy atom. The third-order valence-electron chi connectivity index (χ3n) is 5.34. The Hall–Kier alpha value is -2.36. The number of ether oxygens (including phenoxy) is 2. The number of nitrogens with zero attached hydrogens (tertiary/aromatic N) is 3. The number of nitrogens with two attached hydrogens (primary N) is 1. The summed E-state index contributed by atoms with van der Waals surface area (Å²) in [7, 11) is 1.58. The van der Waals surface area contributed by atoms with Gasteiger partial charge in [-0.05, 0) is 25.8 Å². The first-order chi connectivity index (χ1) is 14.4. The molecule has 30 heavy (non-hydrogen) atoms. The SMILES string of the molecule is COc1cc(OCc2ccnc(N)n2)c(Cl)c2sc(NC3CCCC[C@@]3(C)O)nc12. The fourth-order valence-corrected chi connectivity index (χ4v) is 4.94. The number of thiazole rings is 1. The van der Waals surface area contributed by atoms with Gasteiger partial charge in [0.25, 0.3) is 0 Å². The van der Waals surface area contributed by atoms with Crippen molar-refractivity contribution in [1.29, 1.82) is 0 Å². The molecule has 2 heterocycles. The van der Waals surface area contributed by atoms with E-state index in [0.717, 1.165) is 30.4 Å². The van der Waals surface area contributed by atoms with E-state index in [1.165, 1.54) is 11.3 Å². The van der Waals surface area contributed by atoms with Gasteiger partial charge in [-0.1, -0.05) is 35.8 Å². The van der Waals surface area contributed by atoms with Gasteiger partial charge in [0.05, 0.1) is 29.1 Å². The van der Waals surface area contributed by atoms with E-state index in [2.05, 4.69) is 20.3 Å². The van der Waals surface area contributed by atoms with Crippen LogP contribution in [0.4, 0.5) is 11.1 Å². The summed E-state index contributed by atoms with van der Waals surface area (Å²) in [6.45, 7) is 2.06. The van der Waals surface area contributed by atoms with Gasteiger partial charge in [0.1, 0.15) is 28.6 Å². The number of methoxy groups -OCH3 is 1. The lowest BCUT2D eigenvalue weighted by Gasteiger charge is -2.37. The zero-order chi connectivity index (χ0) is 21.3. The molecule has 1 unspecified atom stereocenters. The smallest absolute Gasteiger partial charge is 0.220 e. The van der Waals surface area contributed by atoms with Gasteiger partial charge >= 0.3 is 0 Å². The Kier molecular flexibility index (Phi) is 5.86. The van der Waals surface area contributed by atoms with Crippen LogP contribution >= 0.6 is 22.9 Å². The highest BCUT2D eigenvalue weighted by Gasteiger charge is 2.35. The van der Waals surface area contributed by atoms with Crippen LogP contribution < -0.4 is 20.5 Å². The lowest BCUT2D eigenvalue weighted by atomic mass is 9.82. The van der Waals surface area contributed by atoms with Gasteiger partial charge < -0.3 is 25.6 Å². The molecule has 2 aromatic heterocycles. The monoisotopic (exact) mass is 449 g/mol. The first-order valence-corrected chi connectivity index (χ1v) is 10.9. The summed E-state index contributed by atoms with van der Waals surface area (Å²) in [5.41, 5.74) is 6.15. The maximum atomic E-state index is 10.7. The Balaban J connectivity index is 1.61. The molecule has 1 aliphatic carbocycles. The number of anilines is 2. The molecule has 0 bridgehead atoms. The van der Waals surface area contributed by atoms with Gasteiger partial charge in [0.2, 0.25) is 5.95 Å². The molecule has 4 N–H and O–H groups in total. The topological polar surface area (TPSA) is 115 Å². The number of benzene rings is 1. The number of rotatable bonds is 6. The molecule has 2 atom stereocenters. The minimum Gasteiger partial charge on any atom is -0.494 e. The van der Waals surface area contributed by atoms with Crippen LogP contribution in [-0.4, -0.2) is 38.8 Å². The zero-order valence-corrected chi connectivity index (χ0v) is 18.4. The molecule has 1 fully saturated rings. The standard InChI is InChI=1S/C20H24ClN5O3S/c1-20(27)7-4-3-5-14(20)25-19-26-16-13(28-2)9-12(15(21)17(16)30-19)29-10-11-6-8-23-18(22)24-11/h6,8-9,14,27H,3-5,7,10H2,1-2H3,(H,25,26)(H2,22,23,24)/t14?,20-/m1/s1. The largest absolute Gasteiger partial charge is 0.494 e. The summed E-state index contributed by atoms with van der Waals surface area (Å²) in [6, 6.07) is 3.39. The predicted molar refractivity (Wildman–Crippen MR) is 118 cm³/mol. The highest BCUT2D eigenvalue weighted by Crippen LogP contribution is 2.44. The molecular formula is C20H24ClN5O3S. The van der Waals surface area contributed by atoms with Crippen molar-refractivity contribution in [3.05, 3.63) is 29.0 Å². The minimum absolute atomic E-state index is 0.0597. The van der Waals surface area contributed by atoms with Crippen LogP contribution in [0.25, 0.3) is 10.2 Å². The molecule has 10 heteroatoms. The van der Waals surface area contributed by atoms with E-state index in [0.29, 0.717) is 32.9 Å². The van der Waals surface area contributed by atoms with Crippen molar-refractivity contribution >= 4 is 44.2 Å². The number of nitrogens with one attached hydrogen (secondary N) is 1. The van der Waals surface area contributed by atoms with Crippen molar-refractivity contribution in [3.8, 4) is 11.5 Å². The summed E-state index contributed by atoms with van der Waals surface area (Å²) in [6.07, 6.45) is 5.35. The number of halogens is 1. The quantitative estimate of drug-likeness (QED) is 0.516. The average Bonchev–Trinajstić information content (AvgIpc) is 3.13. The van der Waals surface area contributed by atoms with E-state index in [-0.39, 0.29) is 18.6 Å². The zero-order valence-electron chi connectivity index (χ0n) is 16.8. The average molecular weight is 450 g/mol. The van der Waals surface area contributed by atoms with Gasteiger partial charge in [0, 0.05) is 12.3 Å². The van der Waals surface area contributed by atoms with Crippen LogP contribution in [0.1, 0.15) is 38.3 Å². The van der Waals surface area contributed by atoms with E-state index in [1.54, 1.807) is 25.4 Å². The molecule has 0 spiro atoms. The second kappa shape index (κ2) is 8.41. The fraction of sp³-hybridized carbons (Fsp3) is 0.450. The molecule has 4 rings (SSSR count). The Labute approximate surface area is 183 Å². The third-order valence-corrected chi connectivity index (χ3v) is 6.83. The van der Waals surface area contributed by atoms with Crippen molar-refractivity contribution in [2.45, 2.75) is 50.9 Å². The van der Waals surface area contributed by atoms with Crippen molar-refractivity contribution in [2.24, 2.45) is 0 Å². The lowest BCUT2D eigenvalue weighted by molar-refractivity contribution is 0.0106. The van der Waals surface area contributed by atoms with E-state index in [1.807, 2.05) is 6.92 Å². The lowest BCUT2D eigenvalue weighted by Crippen LogP contribution is -2.46. The normalized spacial score (nSPS) is 21.5. The van der Waals surface area contributed by atoms with Gasteiger partial charge in [-0.3, -0.25) is 0 Å². The molecule has 1 saturated carbocycles. The highest BCUT2D eigenvalue weighted by atomic mass is 35.5. The highest BCUT2D eigenvalue weighted by molar-refractivity contribution is 7.22. The molecule has 0 radical (unpaired) electrons. The molecular weight excluding hydrogens is 426 g/mol. The fourth-order valence-electron chi connectivity index (χ4n) is 3.66. The van der Waals surface area contributed by atoms with Crippen LogP contribution in [0.15, 0.2) is 18.3 Å². The van der Waals surface area contributed by atoms with Crippen LogP contribution in [0.3, 0.4) is 0 Å². The van der Waals surface area contributed by atoms with Crippen LogP contribution in [0, 0.1) is 0 Å². The first-order valence-electron chi connectivity index (χ1n) is 9.73. The third kappa shape index (κ3) is 4.23.